The van der Waals surface area contributed by atoms with Gasteiger partial charge in [-0.25, -0.2) is 0 Å². The van der Waals surface area contributed by atoms with Crippen molar-refractivity contribution in [2.75, 3.05) is 26.2 Å². The summed E-state index contributed by atoms with van der Waals surface area (Å²) in [7, 11) is 0. The summed E-state index contributed by atoms with van der Waals surface area (Å²) < 4.78 is 5.20. The van der Waals surface area contributed by atoms with Gasteiger partial charge in [0.1, 0.15) is 11.8 Å². The van der Waals surface area contributed by atoms with E-state index in [9.17, 15) is 10.1 Å². The molecule has 0 bridgehead atoms. The summed E-state index contributed by atoms with van der Waals surface area (Å²) in [6.45, 7) is 2.95. The van der Waals surface area contributed by atoms with Crippen LogP contribution >= 0.6 is 0 Å². The van der Waals surface area contributed by atoms with E-state index in [0.29, 0.717) is 24.8 Å². The van der Waals surface area contributed by atoms with Crippen LogP contribution in [0.25, 0.3) is 6.08 Å². The van der Waals surface area contributed by atoms with Gasteiger partial charge in [0.15, 0.2) is 0 Å². The van der Waals surface area contributed by atoms with Crippen molar-refractivity contribution in [1.29, 1.82) is 5.26 Å². The molecule has 128 valence electrons. The van der Waals surface area contributed by atoms with E-state index in [0.717, 1.165) is 13.1 Å². The molecule has 1 saturated heterocycles. The normalized spacial score (nSPS) is 21.7. The number of hydrogen-bond donors (Lipinski definition) is 0. The van der Waals surface area contributed by atoms with Gasteiger partial charge in [0.05, 0.1) is 12.3 Å². The molecule has 2 heterocycles. The minimum Gasteiger partial charge on any atom is -0.465 e. The summed E-state index contributed by atoms with van der Waals surface area (Å²) in [5.41, 5.74) is 0. The molecule has 24 heavy (non-hydrogen) atoms. The van der Waals surface area contributed by atoms with Gasteiger partial charge in [-0.2, -0.15) is 5.26 Å². The molecule has 1 aromatic heterocycles. The van der Waals surface area contributed by atoms with Crippen LogP contribution < -0.4 is 0 Å². The number of hydrogen-bond acceptors (Lipinski definition) is 4. The van der Waals surface area contributed by atoms with Crippen molar-refractivity contribution in [3.8, 4) is 6.07 Å². The molecule has 0 N–H and O–H groups in total. The van der Waals surface area contributed by atoms with E-state index in [4.69, 9.17) is 4.42 Å². The van der Waals surface area contributed by atoms with E-state index in [1.165, 1.54) is 32.1 Å². The van der Waals surface area contributed by atoms with Crippen molar-refractivity contribution in [3.63, 3.8) is 0 Å². The lowest BCUT2D eigenvalue weighted by Gasteiger charge is -2.40. The highest BCUT2D eigenvalue weighted by Gasteiger charge is 2.31. The minimum absolute atomic E-state index is 0.0113. The van der Waals surface area contributed by atoms with E-state index in [2.05, 4.69) is 11.0 Å². The first-order valence-electron chi connectivity index (χ1n) is 8.92. The Morgan fingerprint density at radius 3 is 2.62 bits per heavy atom. The Morgan fingerprint density at radius 2 is 2.00 bits per heavy atom. The first kappa shape index (κ1) is 16.8. The zero-order chi connectivity index (χ0) is 16.8. The average Bonchev–Trinajstić information content (AvgIpc) is 3.15. The summed E-state index contributed by atoms with van der Waals surface area (Å²) in [6.07, 6.45) is 11.0. The van der Waals surface area contributed by atoms with Gasteiger partial charge in [0.25, 0.3) is 0 Å². The van der Waals surface area contributed by atoms with E-state index in [-0.39, 0.29) is 11.9 Å². The van der Waals surface area contributed by atoms with Gasteiger partial charge < -0.3 is 9.32 Å². The summed E-state index contributed by atoms with van der Waals surface area (Å²) >= 11 is 0. The van der Waals surface area contributed by atoms with Gasteiger partial charge in [-0.15, -0.1) is 0 Å². The maximum Gasteiger partial charge on any atom is 0.246 e. The third-order valence-corrected chi connectivity index (χ3v) is 5.18. The number of carbonyl (C=O) groups is 1. The second kappa shape index (κ2) is 8.16. The van der Waals surface area contributed by atoms with Gasteiger partial charge in [-0.3, -0.25) is 9.69 Å². The van der Waals surface area contributed by atoms with Crippen molar-refractivity contribution >= 4 is 12.0 Å². The Hall–Kier alpha value is -2.06. The van der Waals surface area contributed by atoms with Crippen LogP contribution in [0.15, 0.2) is 28.9 Å². The summed E-state index contributed by atoms with van der Waals surface area (Å²) in [6, 6.07) is 6.16. The van der Waals surface area contributed by atoms with Gasteiger partial charge in [0, 0.05) is 32.3 Å². The fourth-order valence-corrected chi connectivity index (χ4v) is 3.80. The molecular weight excluding hydrogens is 302 g/mol. The number of nitrogens with zero attached hydrogens (tertiary/aromatic N) is 3. The highest BCUT2D eigenvalue weighted by atomic mass is 16.3. The number of furan rings is 1. The Bertz CT molecular complexity index is 589. The van der Waals surface area contributed by atoms with E-state index < -0.39 is 0 Å². The molecule has 1 aromatic rings. The molecule has 1 aliphatic carbocycles. The molecule has 3 rings (SSSR count). The Kier molecular flexibility index (Phi) is 5.71. The number of nitriles is 1. The van der Waals surface area contributed by atoms with E-state index in [1.807, 2.05) is 11.0 Å². The standard InChI is InChI=1S/C19H25N3O2/c20-15-18(16-5-2-1-3-6-16)21-10-12-22(13-11-21)19(23)9-8-17-7-4-14-24-17/h4,7-9,14,16,18H,1-3,5-6,10-13H2. The fourth-order valence-electron chi connectivity index (χ4n) is 3.80. The molecule has 2 aliphatic rings. The van der Waals surface area contributed by atoms with Crippen LogP contribution in [0.2, 0.25) is 0 Å². The number of amides is 1. The molecule has 0 aromatic carbocycles. The SMILES string of the molecule is N#CC(C1CCCCC1)N1CCN(C(=O)C=Cc2ccco2)CC1. The molecule has 5 nitrogen and oxygen atoms in total. The highest BCUT2D eigenvalue weighted by Crippen LogP contribution is 2.29. The summed E-state index contributed by atoms with van der Waals surface area (Å²) in [5, 5.41) is 9.60. The van der Waals surface area contributed by atoms with Crippen LogP contribution in [0.1, 0.15) is 37.9 Å². The highest BCUT2D eigenvalue weighted by molar-refractivity contribution is 5.91. The first-order valence-corrected chi connectivity index (χ1v) is 8.92. The second-order valence-corrected chi connectivity index (χ2v) is 6.68. The Labute approximate surface area is 143 Å². The van der Waals surface area contributed by atoms with Crippen LogP contribution in [0.4, 0.5) is 0 Å². The fraction of sp³-hybridized carbons (Fsp3) is 0.579. The van der Waals surface area contributed by atoms with E-state index in [1.54, 1.807) is 24.5 Å². The number of piperazine rings is 1. The van der Waals surface area contributed by atoms with Crippen LogP contribution in [0.3, 0.4) is 0 Å². The molecule has 0 radical (unpaired) electrons. The van der Waals surface area contributed by atoms with Crippen LogP contribution in [-0.4, -0.2) is 47.9 Å². The Morgan fingerprint density at radius 1 is 1.25 bits per heavy atom. The van der Waals surface area contributed by atoms with Crippen molar-refractivity contribution in [1.82, 2.24) is 9.80 Å². The van der Waals surface area contributed by atoms with Gasteiger partial charge in [0.2, 0.25) is 5.91 Å². The number of rotatable bonds is 4. The van der Waals surface area contributed by atoms with Crippen molar-refractivity contribution < 1.29 is 9.21 Å². The van der Waals surface area contributed by atoms with Gasteiger partial charge >= 0.3 is 0 Å². The lowest BCUT2D eigenvalue weighted by atomic mass is 9.83. The molecule has 1 unspecified atom stereocenters. The topological polar surface area (TPSA) is 60.5 Å². The molecular formula is C19H25N3O2. The van der Waals surface area contributed by atoms with Crippen LogP contribution in [-0.2, 0) is 4.79 Å². The van der Waals surface area contributed by atoms with Gasteiger partial charge in [-0.05, 0) is 37.0 Å². The Balaban J connectivity index is 1.51. The summed E-state index contributed by atoms with van der Waals surface area (Å²) in [5.74, 6) is 1.20. The zero-order valence-corrected chi connectivity index (χ0v) is 14.1. The van der Waals surface area contributed by atoms with Gasteiger partial charge in [-0.1, -0.05) is 19.3 Å². The van der Waals surface area contributed by atoms with E-state index >= 15 is 0 Å². The lowest BCUT2D eigenvalue weighted by Crippen LogP contribution is -2.53. The third-order valence-electron chi connectivity index (χ3n) is 5.18. The van der Waals surface area contributed by atoms with Crippen molar-refractivity contribution in [3.05, 3.63) is 30.2 Å². The monoisotopic (exact) mass is 327 g/mol. The van der Waals surface area contributed by atoms with Crippen molar-refractivity contribution in [2.45, 2.75) is 38.1 Å². The minimum atomic E-state index is 0.0113. The molecule has 1 amide bonds. The quantitative estimate of drug-likeness (QED) is 0.798. The zero-order valence-electron chi connectivity index (χ0n) is 14.1. The largest absolute Gasteiger partial charge is 0.465 e. The molecule has 1 saturated carbocycles. The van der Waals surface area contributed by atoms with Crippen LogP contribution in [0, 0.1) is 17.2 Å². The molecule has 5 heteroatoms. The third kappa shape index (κ3) is 4.07. The average molecular weight is 327 g/mol. The lowest BCUT2D eigenvalue weighted by molar-refractivity contribution is -0.128. The molecule has 1 atom stereocenters. The first-order chi connectivity index (χ1) is 11.8. The number of carbonyl (C=O) groups excluding carboxylic acids is 1. The molecule has 1 aliphatic heterocycles. The smallest absolute Gasteiger partial charge is 0.246 e. The summed E-state index contributed by atoms with van der Waals surface area (Å²) in [4.78, 5) is 16.4. The molecule has 0 spiro atoms. The molecule has 2 fully saturated rings. The van der Waals surface area contributed by atoms with Crippen LogP contribution in [0.5, 0.6) is 0 Å². The maximum atomic E-state index is 12.3. The van der Waals surface area contributed by atoms with Crippen molar-refractivity contribution in [2.24, 2.45) is 5.92 Å². The predicted molar refractivity (Wildman–Crippen MR) is 91.9 cm³/mol. The maximum absolute atomic E-state index is 12.3. The predicted octanol–water partition coefficient (Wildman–Crippen LogP) is 2.91. The second-order valence-electron chi connectivity index (χ2n) is 6.68.